The molecule has 1 unspecified atom stereocenters. The van der Waals surface area contributed by atoms with Gasteiger partial charge in [-0.15, -0.1) is 0 Å². The van der Waals surface area contributed by atoms with Crippen LogP contribution in [0.1, 0.15) is 31.9 Å². The third-order valence-electron chi connectivity index (χ3n) is 3.45. The molecule has 94 valence electrons. The Kier molecular flexibility index (Phi) is 3.64. The lowest BCUT2D eigenvalue weighted by atomic mass is 9.98. The highest BCUT2D eigenvalue weighted by Gasteiger charge is 2.24. The second-order valence-corrected chi connectivity index (χ2v) is 5.05. The third-order valence-corrected chi connectivity index (χ3v) is 3.45. The van der Waals surface area contributed by atoms with Crippen LogP contribution in [0.4, 0.5) is 5.69 Å². The van der Waals surface area contributed by atoms with Crippen molar-refractivity contribution in [2.75, 3.05) is 18.0 Å². The fourth-order valence-electron chi connectivity index (χ4n) is 2.25. The van der Waals surface area contributed by atoms with Crippen LogP contribution in [0.15, 0.2) is 18.3 Å². The molecule has 1 aliphatic rings. The van der Waals surface area contributed by atoms with E-state index in [-0.39, 0.29) is 0 Å². The van der Waals surface area contributed by atoms with Gasteiger partial charge in [-0.3, -0.25) is 4.98 Å². The average molecular weight is 235 g/mol. The molecule has 0 spiro atoms. The molecular formula is C13H21N3O. The summed E-state index contributed by atoms with van der Waals surface area (Å²) in [4.78, 5) is 6.60. The first-order chi connectivity index (χ1) is 8.11. The van der Waals surface area contributed by atoms with E-state index in [2.05, 4.69) is 16.0 Å². The Bertz CT molecular complexity index is 361. The van der Waals surface area contributed by atoms with Gasteiger partial charge in [-0.25, -0.2) is 0 Å². The molecule has 0 radical (unpaired) electrons. The second kappa shape index (κ2) is 5.02. The molecule has 2 rings (SSSR count). The van der Waals surface area contributed by atoms with E-state index in [1.165, 1.54) is 0 Å². The van der Waals surface area contributed by atoms with Gasteiger partial charge in [0.25, 0.3) is 0 Å². The maximum absolute atomic E-state index is 10.0. The number of aromatic nitrogens is 1. The Morgan fingerprint density at radius 2 is 2.24 bits per heavy atom. The van der Waals surface area contributed by atoms with Crippen molar-refractivity contribution >= 4 is 5.69 Å². The molecule has 0 aromatic carbocycles. The molecule has 1 atom stereocenters. The summed E-state index contributed by atoms with van der Waals surface area (Å²) in [6, 6.07) is 4.04. The quantitative estimate of drug-likeness (QED) is 0.810. The molecule has 17 heavy (non-hydrogen) atoms. The number of hydrogen-bond acceptors (Lipinski definition) is 4. The van der Waals surface area contributed by atoms with E-state index in [0.29, 0.717) is 6.54 Å². The lowest BCUT2D eigenvalue weighted by Crippen LogP contribution is -2.28. The predicted octanol–water partition coefficient (Wildman–Crippen LogP) is 1.28. The zero-order valence-corrected chi connectivity index (χ0v) is 10.4. The van der Waals surface area contributed by atoms with Crippen LogP contribution < -0.4 is 10.6 Å². The fourth-order valence-corrected chi connectivity index (χ4v) is 2.25. The molecule has 1 fully saturated rings. The highest BCUT2D eigenvalue weighted by atomic mass is 16.3. The molecule has 1 saturated heterocycles. The van der Waals surface area contributed by atoms with E-state index in [1.807, 2.05) is 19.2 Å². The number of nitrogens with zero attached hydrogens (tertiary/aromatic N) is 2. The van der Waals surface area contributed by atoms with Crippen LogP contribution in [0.5, 0.6) is 0 Å². The first-order valence-electron chi connectivity index (χ1n) is 6.23. The number of hydrogen-bond donors (Lipinski definition) is 2. The lowest BCUT2D eigenvalue weighted by molar-refractivity contribution is 0.0481. The van der Waals surface area contributed by atoms with Crippen LogP contribution >= 0.6 is 0 Å². The maximum Gasteiger partial charge on any atom is 0.0637 e. The summed E-state index contributed by atoms with van der Waals surface area (Å²) in [7, 11) is 0. The number of anilines is 1. The molecule has 4 heteroatoms. The van der Waals surface area contributed by atoms with Crippen molar-refractivity contribution in [3.8, 4) is 0 Å². The Morgan fingerprint density at radius 1 is 1.41 bits per heavy atom. The van der Waals surface area contributed by atoms with Gasteiger partial charge in [-0.05, 0) is 38.3 Å². The second-order valence-electron chi connectivity index (χ2n) is 5.05. The molecule has 0 saturated carbocycles. The lowest BCUT2D eigenvalue weighted by Gasteiger charge is -2.24. The Morgan fingerprint density at radius 3 is 2.88 bits per heavy atom. The molecule has 1 aromatic heterocycles. The first-order valence-corrected chi connectivity index (χ1v) is 6.23. The molecule has 0 bridgehead atoms. The smallest absolute Gasteiger partial charge is 0.0637 e. The van der Waals surface area contributed by atoms with Gasteiger partial charge in [-0.2, -0.15) is 0 Å². The summed E-state index contributed by atoms with van der Waals surface area (Å²) in [6.07, 6.45) is 4.58. The average Bonchev–Trinajstić information content (AvgIpc) is 2.50. The summed E-state index contributed by atoms with van der Waals surface area (Å²) in [5.41, 5.74) is 7.05. The van der Waals surface area contributed by atoms with Gasteiger partial charge in [0.15, 0.2) is 0 Å². The summed E-state index contributed by atoms with van der Waals surface area (Å²) in [6.45, 7) is 4.28. The Balaban J connectivity index is 2.06. The Labute approximate surface area is 102 Å². The van der Waals surface area contributed by atoms with E-state index in [0.717, 1.165) is 43.7 Å². The highest BCUT2D eigenvalue weighted by Crippen LogP contribution is 2.24. The van der Waals surface area contributed by atoms with Gasteiger partial charge < -0.3 is 15.7 Å². The molecule has 1 aromatic rings. The van der Waals surface area contributed by atoms with Crippen LogP contribution in [-0.4, -0.2) is 28.8 Å². The molecule has 1 aliphatic heterocycles. The molecule has 3 N–H and O–H groups in total. The van der Waals surface area contributed by atoms with Crippen molar-refractivity contribution in [2.24, 2.45) is 5.73 Å². The number of nitrogens with two attached hydrogens (primary N) is 1. The van der Waals surface area contributed by atoms with Crippen LogP contribution in [-0.2, 0) is 6.54 Å². The van der Waals surface area contributed by atoms with E-state index in [4.69, 9.17) is 5.73 Å². The van der Waals surface area contributed by atoms with Gasteiger partial charge in [0.05, 0.1) is 23.2 Å². The van der Waals surface area contributed by atoms with Gasteiger partial charge in [0.2, 0.25) is 0 Å². The van der Waals surface area contributed by atoms with E-state index < -0.39 is 5.60 Å². The zero-order chi connectivity index (χ0) is 12.3. The monoisotopic (exact) mass is 235 g/mol. The summed E-state index contributed by atoms with van der Waals surface area (Å²) >= 11 is 0. The molecular weight excluding hydrogens is 214 g/mol. The zero-order valence-electron chi connectivity index (χ0n) is 10.4. The molecule has 2 heterocycles. The van der Waals surface area contributed by atoms with Crippen molar-refractivity contribution in [1.29, 1.82) is 0 Å². The van der Waals surface area contributed by atoms with Gasteiger partial charge >= 0.3 is 0 Å². The summed E-state index contributed by atoms with van der Waals surface area (Å²) in [5.74, 6) is 0. The number of rotatable bonds is 2. The normalized spacial score (nSPS) is 25.7. The van der Waals surface area contributed by atoms with Crippen LogP contribution in [0.2, 0.25) is 0 Å². The van der Waals surface area contributed by atoms with E-state index in [9.17, 15) is 5.11 Å². The van der Waals surface area contributed by atoms with Crippen LogP contribution in [0.3, 0.4) is 0 Å². The Hall–Kier alpha value is -1.13. The number of aliphatic hydroxyl groups is 1. The third kappa shape index (κ3) is 3.17. The molecule has 0 aliphatic carbocycles. The van der Waals surface area contributed by atoms with Crippen molar-refractivity contribution < 1.29 is 5.11 Å². The highest BCUT2D eigenvalue weighted by molar-refractivity contribution is 5.44. The standard InChI is InChI=1S/C13H21N3O/c1-13(17)5-2-7-16(8-6-13)12-4-3-11(9-14)15-10-12/h3-4,10,17H,2,5-9,14H2,1H3. The minimum Gasteiger partial charge on any atom is -0.390 e. The van der Waals surface area contributed by atoms with Crippen molar-refractivity contribution in [1.82, 2.24) is 4.98 Å². The van der Waals surface area contributed by atoms with Crippen molar-refractivity contribution in [3.63, 3.8) is 0 Å². The summed E-state index contributed by atoms with van der Waals surface area (Å²) < 4.78 is 0. The van der Waals surface area contributed by atoms with Crippen molar-refractivity contribution in [2.45, 2.75) is 38.3 Å². The molecule has 0 amide bonds. The predicted molar refractivity (Wildman–Crippen MR) is 68.8 cm³/mol. The van der Waals surface area contributed by atoms with Crippen molar-refractivity contribution in [3.05, 3.63) is 24.0 Å². The minimum absolute atomic E-state index is 0.481. The van der Waals surface area contributed by atoms with E-state index >= 15 is 0 Å². The van der Waals surface area contributed by atoms with Gasteiger partial charge in [0.1, 0.15) is 0 Å². The first kappa shape index (κ1) is 12.3. The fraction of sp³-hybridized carbons (Fsp3) is 0.615. The van der Waals surface area contributed by atoms with Crippen LogP contribution in [0.25, 0.3) is 0 Å². The minimum atomic E-state index is -0.515. The maximum atomic E-state index is 10.0. The van der Waals surface area contributed by atoms with Gasteiger partial charge in [0, 0.05) is 19.6 Å². The number of pyridine rings is 1. The van der Waals surface area contributed by atoms with Crippen LogP contribution in [0, 0.1) is 0 Å². The largest absolute Gasteiger partial charge is 0.390 e. The van der Waals surface area contributed by atoms with E-state index in [1.54, 1.807) is 0 Å². The summed E-state index contributed by atoms with van der Waals surface area (Å²) in [5, 5.41) is 10.0. The SMILES string of the molecule is CC1(O)CCCN(c2ccc(CN)nc2)CC1. The topological polar surface area (TPSA) is 62.4 Å². The molecule has 4 nitrogen and oxygen atoms in total. The van der Waals surface area contributed by atoms with Gasteiger partial charge in [-0.1, -0.05) is 0 Å².